The van der Waals surface area contributed by atoms with Crippen molar-refractivity contribution in [2.24, 2.45) is 7.05 Å². The maximum atomic E-state index is 13.0. The smallest absolute Gasteiger partial charge is 0.355 e. The quantitative estimate of drug-likeness (QED) is 0.512. The molecule has 0 N–H and O–H groups in total. The summed E-state index contributed by atoms with van der Waals surface area (Å²) in [5, 5.41) is 8.70. The number of alkyl halides is 3. The molecule has 0 unspecified atom stereocenters. The Hall–Kier alpha value is -3.43. The third-order valence-electron chi connectivity index (χ3n) is 5.41. The van der Waals surface area contributed by atoms with Crippen molar-refractivity contribution < 1.29 is 13.2 Å². The largest absolute Gasteiger partial charge is 0.416 e. The normalized spacial score (nSPS) is 14.4. The van der Waals surface area contributed by atoms with Gasteiger partial charge in [0.1, 0.15) is 23.4 Å². The van der Waals surface area contributed by atoms with E-state index in [4.69, 9.17) is 4.98 Å². The molecule has 1 aromatic carbocycles. The number of hydrogen-bond acceptors (Lipinski definition) is 5. The first-order chi connectivity index (χ1) is 14.3. The van der Waals surface area contributed by atoms with Crippen LogP contribution in [0.3, 0.4) is 0 Å². The molecule has 1 saturated heterocycles. The van der Waals surface area contributed by atoms with E-state index < -0.39 is 11.7 Å². The number of fused-ring (bicyclic) bond motifs is 1. The van der Waals surface area contributed by atoms with Gasteiger partial charge in [-0.05, 0) is 25.5 Å². The van der Waals surface area contributed by atoms with E-state index in [9.17, 15) is 13.2 Å². The van der Waals surface area contributed by atoms with Gasteiger partial charge in [-0.2, -0.15) is 23.4 Å². The van der Waals surface area contributed by atoms with E-state index in [1.54, 1.807) is 22.4 Å². The number of halogens is 3. The number of aromatic nitrogens is 6. The molecular weight excluding hydrogens is 395 g/mol. The predicted octanol–water partition coefficient (Wildman–Crippen LogP) is 3.73. The fourth-order valence-electron chi connectivity index (χ4n) is 3.78. The Kier molecular flexibility index (Phi) is 4.05. The number of anilines is 1. The maximum Gasteiger partial charge on any atom is 0.416 e. The summed E-state index contributed by atoms with van der Waals surface area (Å²) in [5.41, 5.74) is 2.78. The van der Waals surface area contributed by atoms with Crippen LogP contribution in [-0.4, -0.2) is 42.5 Å². The van der Waals surface area contributed by atoms with Crippen LogP contribution in [0.4, 0.5) is 19.0 Å². The molecule has 4 heterocycles. The van der Waals surface area contributed by atoms with Crippen molar-refractivity contribution in [2.45, 2.75) is 19.5 Å². The van der Waals surface area contributed by atoms with Crippen molar-refractivity contribution in [1.82, 2.24) is 29.4 Å². The van der Waals surface area contributed by atoms with Gasteiger partial charge in [-0.1, -0.05) is 12.1 Å². The first-order valence-corrected chi connectivity index (χ1v) is 9.50. The molecule has 1 aliphatic rings. The van der Waals surface area contributed by atoms with Crippen molar-refractivity contribution in [3.8, 4) is 22.5 Å². The summed E-state index contributed by atoms with van der Waals surface area (Å²) in [5.74, 6) is 1.50. The molecule has 0 amide bonds. The summed E-state index contributed by atoms with van der Waals surface area (Å²) in [6, 6.07) is 5.08. The van der Waals surface area contributed by atoms with E-state index >= 15 is 0 Å². The van der Waals surface area contributed by atoms with Crippen LogP contribution >= 0.6 is 0 Å². The van der Waals surface area contributed by atoms with Crippen LogP contribution in [0.5, 0.6) is 0 Å². The fourth-order valence-corrected chi connectivity index (χ4v) is 3.78. The summed E-state index contributed by atoms with van der Waals surface area (Å²) >= 11 is 0. The zero-order valence-electron chi connectivity index (χ0n) is 16.3. The van der Waals surface area contributed by atoms with Gasteiger partial charge in [-0.3, -0.25) is 4.68 Å². The highest BCUT2D eigenvalue weighted by molar-refractivity contribution is 5.92. The van der Waals surface area contributed by atoms with Gasteiger partial charge in [-0.25, -0.2) is 14.5 Å². The highest BCUT2D eigenvalue weighted by Crippen LogP contribution is 2.38. The molecule has 7 nitrogen and oxygen atoms in total. The zero-order chi connectivity index (χ0) is 21.0. The van der Waals surface area contributed by atoms with Crippen LogP contribution < -0.4 is 4.90 Å². The molecule has 0 radical (unpaired) electrons. The molecule has 0 saturated carbocycles. The van der Waals surface area contributed by atoms with Crippen LogP contribution in [0.1, 0.15) is 17.8 Å². The van der Waals surface area contributed by atoms with E-state index in [0.717, 1.165) is 48.5 Å². The Labute approximate surface area is 169 Å². The Morgan fingerprint density at radius 2 is 1.77 bits per heavy atom. The average molecular weight is 413 g/mol. The number of nitrogens with zero attached hydrogens (tertiary/aromatic N) is 7. The lowest BCUT2D eigenvalue weighted by molar-refractivity contribution is -0.137. The third-order valence-corrected chi connectivity index (χ3v) is 5.41. The van der Waals surface area contributed by atoms with Crippen LogP contribution in [-0.2, 0) is 13.2 Å². The Morgan fingerprint density at radius 3 is 2.40 bits per heavy atom. The summed E-state index contributed by atoms with van der Waals surface area (Å²) in [7, 11) is 1.76. The SMILES string of the molecule is Cc1nc(-c2cnn(C)c2-c2ccc(C(F)(F)F)cc2)c2c(N3CCC3)ncnn12. The summed E-state index contributed by atoms with van der Waals surface area (Å²) < 4.78 is 42.3. The van der Waals surface area contributed by atoms with Gasteiger partial charge in [0, 0.05) is 31.3 Å². The van der Waals surface area contributed by atoms with Crippen molar-refractivity contribution >= 4 is 11.3 Å². The standard InChI is InChI=1S/C20H18F3N7/c1-12-27-16(18-19(29-8-3-9-29)24-11-26-30(12)18)15-10-25-28(2)17(15)13-4-6-14(7-5-13)20(21,22)23/h4-7,10-11H,3,8-9H2,1-2H3. The van der Waals surface area contributed by atoms with Gasteiger partial charge in [0.2, 0.25) is 0 Å². The molecule has 4 aromatic rings. The zero-order valence-corrected chi connectivity index (χ0v) is 16.3. The van der Waals surface area contributed by atoms with Crippen molar-refractivity contribution in [3.05, 3.63) is 48.2 Å². The lowest BCUT2D eigenvalue weighted by Crippen LogP contribution is -2.38. The van der Waals surface area contributed by atoms with Crippen molar-refractivity contribution in [2.75, 3.05) is 18.0 Å². The molecule has 0 atom stereocenters. The Morgan fingerprint density at radius 1 is 1.03 bits per heavy atom. The molecule has 0 aliphatic carbocycles. The van der Waals surface area contributed by atoms with Crippen LogP contribution in [0.15, 0.2) is 36.8 Å². The van der Waals surface area contributed by atoms with E-state index in [0.29, 0.717) is 22.8 Å². The predicted molar refractivity (Wildman–Crippen MR) is 105 cm³/mol. The van der Waals surface area contributed by atoms with E-state index in [1.165, 1.54) is 18.5 Å². The molecule has 10 heteroatoms. The highest BCUT2D eigenvalue weighted by Gasteiger charge is 2.31. The fraction of sp³-hybridized carbons (Fsp3) is 0.300. The summed E-state index contributed by atoms with van der Waals surface area (Å²) in [6.45, 7) is 3.68. The average Bonchev–Trinajstić information content (AvgIpc) is 3.21. The molecule has 3 aromatic heterocycles. The lowest BCUT2D eigenvalue weighted by atomic mass is 10.0. The van der Waals surface area contributed by atoms with E-state index in [2.05, 4.69) is 20.1 Å². The highest BCUT2D eigenvalue weighted by atomic mass is 19.4. The van der Waals surface area contributed by atoms with Gasteiger partial charge in [-0.15, -0.1) is 0 Å². The molecule has 5 rings (SSSR count). The minimum Gasteiger partial charge on any atom is -0.355 e. The molecule has 0 bridgehead atoms. The summed E-state index contributed by atoms with van der Waals surface area (Å²) in [4.78, 5) is 11.4. The van der Waals surface area contributed by atoms with Crippen molar-refractivity contribution in [1.29, 1.82) is 0 Å². The number of benzene rings is 1. The monoisotopic (exact) mass is 413 g/mol. The second kappa shape index (κ2) is 6.54. The van der Waals surface area contributed by atoms with Gasteiger partial charge < -0.3 is 4.90 Å². The lowest BCUT2D eigenvalue weighted by Gasteiger charge is -2.32. The van der Waals surface area contributed by atoms with Gasteiger partial charge in [0.25, 0.3) is 0 Å². The minimum atomic E-state index is -4.38. The molecule has 1 fully saturated rings. The number of rotatable bonds is 3. The third kappa shape index (κ3) is 2.82. The molecule has 1 aliphatic heterocycles. The molecule has 30 heavy (non-hydrogen) atoms. The topological polar surface area (TPSA) is 64.1 Å². The number of aryl methyl sites for hydroxylation is 2. The van der Waals surface area contributed by atoms with E-state index in [1.807, 2.05) is 6.92 Å². The maximum absolute atomic E-state index is 13.0. The second-order valence-electron chi connectivity index (χ2n) is 7.30. The number of imidazole rings is 1. The van der Waals surface area contributed by atoms with Crippen LogP contribution in [0.2, 0.25) is 0 Å². The van der Waals surface area contributed by atoms with Crippen LogP contribution in [0, 0.1) is 6.92 Å². The molecule has 0 spiro atoms. The summed E-state index contributed by atoms with van der Waals surface area (Å²) in [6.07, 6.45) is -0.0857. The van der Waals surface area contributed by atoms with Gasteiger partial charge >= 0.3 is 6.18 Å². The Bertz CT molecular complexity index is 1230. The first kappa shape index (κ1) is 18.6. The first-order valence-electron chi connectivity index (χ1n) is 9.50. The Balaban J connectivity index is 1.69. The van der Waals surface area contributed by atoms with Crippen molar-refractivity contribution in [3.63, 3.8) is 0 Å². The molecule has 154 valence electrons. The van der Waals surface area contributed by atoms with Gasteiger partial charge in [0.15, 0.2) is 5.82 Å². The molecular formula is C20H18F3N7. The number of hydrogen-bond donors (Lipinski definition) is 0. The van der Waals surface area contributed by atoms with Gasteiger partial charge in [0.05, 0.1) is 17.5 Å². The second-order valence-corrected chi connectivity index (χ2v) is 7.30. The van der Waals surface area contributed by atoms with Crippen LogP contribution in [0.25, 0.3) is 28.0 Å². The minimum absolute atomic E-state index is 0.624. The van der Waals surface area contributed by atoms with E-state index in [-0.39, 0.29) is 0 Å².